The molecule has 0 bridgehead atoms. The maximum atomic E-state index is 11.7. The van der Waals surface area contributed by atoms with Gasteiger partial charge in [-0.15, -0.1) is 12.3 Å². The number of nitriles is 2. The van der Waals surface area contributed by atoms with Crippen molar-refractivity contribution in [2.45, 2.75) is 26.2 Å². The molecule has 15 heavy (non-hydrogen) atoms. The molecule has 0 aromatic rings. The highest BCUT2D eigenvalue weighted by Crippen LogP contribution is 2.43. The molecule has 0 amide bonds. The number of rotatable bonds is 1. The van der Waals surface area contributed by atoms with Crippen LogP contribution in [0.2, 0.25) is 0 Å². The number of hydrogen-bond acceptors (Lipinski definition) is 3. The van der Waals surface area contributed by atoms with Crippen molar-refractivity contribution in [2.75, 3.05) is 0 Å². The number of terminal acetylenes is 1. The first-order chi connectivity index (χ1) is 7.10. The molecule has 3 heteroatoms. The van der Waals surface area contributed by atoms with Crippen molar-refractivity contribution >= 4 is 5.78 Å². The van der Waals surface area contributed by atoms with E-state index in [4.69, 9.17) is 16.9 Å². The number of Topliss-reactive ketones (excluding diaryl/α,β-unsaturated/α-hetero) is 1. The molecule has 0 spiro atoms. The standard InChI is InChI=1S/C12H10N2O/c1-3-6-12(2)10(4-5-11(12)15)9(7-13)8-14/h1H,4-6H2,2H3. The van der Waals surface area contributed by atoms with Crippen LogP contribution in [-0.4, -0.2) is 5.78 Å². The van der Waals surface area contributed by atoms with Crippen LogP contribution < -0.4 is 0 Å². The lowest BCUT2D eigenvalue weighted by Crippen LogP contribution is -2.23. The average Bonchev–Trinajstić information content (AvgIpc) is 2.49. The summed E-state index contributed by atoms with van der Waals surface area (Å²) in [5.74, 6) is 2.47. The van der Waals surface area contributed by atoms with Crippen LogP contribution in [0.4, 0.5) is 0 Å². The molecule has 1 aliphatic carbocycles. The molecule has 1 rings (SSSR count). The minimum Gasteiger partial charge on any atom is -0.299 e. The zero-order valence-corrected chi connectivity index (χ0v) is 8.50. The number of allylic oxidation sites excluding steroid dienone is 2. The Labute approximate surface area is 89.0 Å². The lowest BCUT2D eigenvalue weighted by molar-refractivity contribution is -0.123. The van der Waals surface area contributed by atoms with Gasteiger partial charge in [0.2, 0.25) is 0 Å². The largest absolute Gasteiger partial charge is 0.299 e. The highest BCUT2D eigenvalue weighted by molar-refractivity contribution is 5.92. The fourth-order valence-electron chi connectivity index (χ4n) is 1.93. The normalized spacial score (nSPS) is 24.1. The van der Waals surface area contributed by atoms with Gasteiger partial charge in [0.15, 0.2) is 0 Å². The minimum atomic E-state index is -0.796. The molecule has 0 saturated heterocycles. The summed E-state index contributed by atoms with van der Waals surface area (Å²) in [5, 5.41) is 17.6. The number of carbonyl (C=O) groups is 1. The summed E-state index contributed by atoms with van der Waals surface area (Å²) in [4.78, 5) is 11.7. The van der Waals surface area contributed by atoms with E-state index < -0.39 is 5.41 Å². The summed E-state index contributed by atoms with van der Waals surface area (Å²) in [7, 11) is 0. The summed E-state index contributed by atoms with van der Waals surface area (Å²) in [6.45, 7) is 1.71. The van der Waals surface area contributed by atoms with Crippen molar-refractivity contribution in [3.8, 4) is 24.5 Å². The SMILES string of the molecule is C#CCC1(C)C(=O)CCC1=C(C#N)C#N. The van der Waals surface area contributed by atoms with E-state index in [9.17, 15) is 4.79 Å². The fourth-order valence-corrected chi connectivity index (χ4v) is 1.93. The Morgan fingerprint density at radius 2 is 2.07 bits per heavy atom. The van der Waals surface area contributed by atoms with Crippen molar-refractivity contribution in [1.29, 1.82) is 10.5 Å². The predicted molar refractivity (Wildman–Crippen MR) is 54.1 cm³/mol. The predicted octanol–water partition coefficient (Wildman–Crippen LogP) is 1.72. The third-order valence-corrected chi connectivity index (χ3v) is 2.86. The van der Waals surface area contributed by atoms with Crippen molar-refractivity contribution in [2.24, 2.45) is 5.41 Å². The van der Waals surface area contributed by atoms with Gasteiger partial charge in [0.05, 0.1) is 5.41 Å². The Morgan fingerprint density at radius 3 is 2.53 bits per heavy atom. The van der Waals surface area contributed by atoms with Gasteiger partial charge in [-0.25, -0.2) is 0 Å². The van der Waals surface area contributed by atoms with E-state index >= 15 is 0 Å². The Kier molecular flexibility index (Phi) is 2.93. The number of ketones is 1. The molecule has 0 aliphatic heterocycles. The lowest BCUT2D eigenvalue weighted by Gasteiger charge is -2.21. The summed E-state index contributed by atoms with van der Waals surface area (Å²) >= 11 is 0. The second-order valence-electron chi connectivity index (χ2n) is 3.71. The van der Waals surface area contributed by atoms with Gasteiger partial charge in [0, 0.05) is 12.8 Å². The first-order valence-corrected chi connectivity index (χ1v) is 4.60. The molecule has 0 heterocycles. The second kappa shape index (κ2) is 3.99. The molecule has 0 aromatic carbocycles. The molecule has 1 aliphatic rings. The zero-order chi connectivity index (χ0) is 11.5. The van der Waals surface area contributed by atoms with Gasteiger partial charge in [-0.3, -0.25) is 4.79 Å². The maximum Gasteiger partial charge on any atom is 0.144 e. The Bertz CT molecular complexity index is 437. The quantitative estimate of drug-likeness (QED) is 0.476. The van der Waals surface area contributed by atoms with Gasteiger partial charge >= 0.3 is 0 Å². The summed E-state index contributed by atoms with van der Waals surface area (Å²) in [6, 6.07) is 3.65. The lowest BCUT2D eigenvalue weighted by atomic mass is 9.79. The smallest absolute Gasteiger partial charge is 0.144 e. The first kappa shape index (κ1) is 11.0. The van der Waals surface area contributed by atoms with Crippen molar-refractivity contribution in [3.05, 3.63) is 11.1 Å². The molecule has 1 unspecified atom stereocenters. The number of carbonyl (C=O) groups excluding carboxylic acids is 1. The first-order valence-electron chi connectivity index (χ1n) is 4.60. The number of nitrogens with zero attached hydrogens (tertiary/aromatic N) is 2. The van der Waals surface area contributed by atoms with Crippen LogP contribution in [0.25, 0.3) is 0 Å². The van der Waals surface area contributed by atoms with Crippen molar-refractivity contribution in [1.82, 2.24) is 0 Å². The minimum absolute atomic E-state index is 0.0263. The van der Waals surface area contributed by atoms with Gasteiger partial charge in [-0.2, -0.15) is 10.5 Å². The van der Waals surface area contributed by atoms with E-state index in [0.29, 0.717) is 18.4 Å². The van der Waals surface area contributed by atoms with Gasteiger partial charge < -0.3 is 0 Å². The molecule has 0 radical (unpaired) electrons. The maximum absolute atomic E-state index is 11.7. The fraction of sp³-hybridized carbons (Fsp3) is 0.417. The van der Waals surface area contributed by atoms with Crippen LogP contribution in [0, 0.1) is 40.4 Å². The van der Waals surface area contributed by atoms with E-state index in [0.717, 1.165) is 0 Å². The number of hydrogen-bond donors (Lipinski definition) is 0. The van der Waals surface area contributed by atoms with E-state index in [2.05, 4.69) is 5.92 Å². The molecule has 0 aromatic heterocycles. The molecule has 1 saturated carbocycles. The molecule has 1 atom stereocenters. The summed E-state index contributed by atoms with van der Waals surface area (Å²) < 4.78 is 0. The highest BCUT2D eigenvalue weighted by atomic mass is 16.1. The topological polar surface area (TPSA) is 64.7 Å². The molecular weight excluding hydrogens is 188 g/mol. The Morgan fingerprint density at radius 1 is 1.47 bits per heavy atom. The van der Waals surface area contributed by atoms with E-state index in [1.165, 1.54) is 0 Å². The summed E-state index contributed by atoms with van der Waals surface area (Å²) in [6.07, 6.45) is 6.32. The third kappa shape index (κ3) is 1.63. The Balaban J connectivity index is 3.31. The van der Waals surface area contributed by atoms with Gasteiger partial charge in [0.25, 0.3) is 0 Å². The van der Waals surface area contributed by atoms with Gasteiger partial charge in [-0.1, -0.05) is 0 Å². The van der Waals surface area contributed by atoms with Crippen LogP contribution in [-0.2, 0) is 4.79 Å². The monoisotopic (exact) mass is 198 g/mol. The van der Waals surface area contributed by atoms with Crippen molar-refractivity contribution < 1.29 is 4.79 Å². The van der Waals surface area contributed by atoms with Crippen LogP contribution in [0.3, 0.4) is 0 Å². The van der Waals surface area contributed by atoms with Gasteiger partial charge in [0.1, 0.15) is 23.5 Å². The van der Waals surface area contributed by atoms with Crippen LogP contribution in [0.5, 0.6) is 0 Å². The van der Waals surface area contributed by atoms with Gasteiger partial charge in [-0.05, 0) is 18.9 Å². The molecular formula is C12H10N2O. The molecule has 0 N–H and O–H groups in total. The highest BCUT2D eigenvalue weighted by Gasteiger charge is 2.42. The van der Waals surface area contributed by atoms with Crippen LogP contribution in [0.1, 0.15) is 26.2 Å². The molecule has 3 nitrogen and oxygen atoms in total. The van der Waals surface area contributed by atoms with E-state index in [-0.39, 0.29) is 17.8 Å². The van der Waals surface area contributed by atoms with E-state index in [1.54, 1.807) is 6.92 Å². The van der Waals surface area contributed by atoms with Crippen LogP contribution in [0.15, 0.2) is 11.1 Å². The van der Waals surface area contributed by atoms with E-state index in [1.807, 2.05) is 12.1 Å². The Hall–Kier alpha value is -2.05. The van der Waals surface area contributed by atoms with Crippen LogP contribution >= 0.6 is 0 Å². The second-order valence-corrected chi connectivity index (χ2v) is 3.71. The summed E-state index contributed by atoms with van der Waals surface area (Å²) in [5.41, 5.74) is -0.149. The molecule has 74 valence electrons. The average molecular weight is 198 g/mol. The molecule has 1 fully saturated rings. The zero-order valence-electron chi connectivity index (χ0n) is 8.50. The third-order valence-electron chi connectivity index (χ3n) is 2.86. The van der Waals surface area contributed by atoms with Crippen molar-refractivity contribution in [3.63, 3.8) is 0 Å².